The molecule has 0 unspecified atom stereocenters. The Labute approximate surface area is 187 Å². The lowest BCUT2D eigenvalue weighted by atomic mass is 9.98. The Kier molecular flexibility index (Phi) is 4.96. The number of carbonyl (C=O) groups is 1. The van der Waals surface area contributed by atoms with Crippen molar-refractivity contribution >= 4 is 39.2 Å². The second-order valence-electron chi connectivity index (χ2n) is 7.64. The van der Waals surface area contributed by atoms with E-state index >= 15 is 0 Å². The van der Waals surface area contributed by atoms with Crippen LogP contribution in [0.2, 0.25) is 5.02 Å². The van der Waals surface area contributed by atoms with E-state index in [1.165, 1.54) is 0 Å². The molecule has 32 heavy (non-hydrogen) atoms. The molecule has 6 heteroatoms. The predicted molar refractivity (Wildman–Crippen MR) is 127 cm³/mol. The number of halogens is 1. The zero-order chi connectivity index (χ0) is 22.2. The fourth-order valence-corrected chi connectivity index (χ4v) is 4.21. The highest BCUT2D eigenvalue weighted by molar-refractivity contribution is 6.34. The fraction of sp³-hybridized carbons (Fsp3) is 0.0385. The number of benzene rings is 3. The predicted octanol–water partition coefficient (Wildman–Crippen LogP) is 5.69. The number of pyridine rings is 2. The molecule has 5 rings (SSSR count). The minimum Gasteiger partial charge on any atom is -0.481 e. The lowest BCUT2D eigenvalue weighted by molar-refractivity contribution is -0.136. The number of carboxylic acid groups (broad SMARTS) is 1. The maximum atomic E-state index is 12.8. The van der Waals surface area contributed by atoms with Gasteiger partial charge >= 0.3 is 5.97 Å². The zero-order valence-corrected chi connectivity index (χ0v) is 17.6. The molecule has 0 aliphatic carbocycles. The van der Waals surface area contributed by atoms with Gasteiger partial charge in [0.1, 0.15) is 0 Å². The van der Waals surface area contributed by atoms with Crippen molar-refractivity contribution in [3.8, 4) is 22.3 Å². The molecular formula is C26H17ClN2O3. The minimum atomic E-state index is -0.917. The van der Waals surface area contributed by atoms with Gasteiger partial charge in [-0.1, -0.05) is 48.0 Å². The van der Waals surface area contributed by atoms with Crippen LogP contribution >= 0.6 is 11.6 Å². The Hall–Kier alpha value is -3.96. The number of H-pyrrole nitrogens is 1. The number of fused-ring (bicyclic) bond motifs is 2. The first-order valence-electron chi connectivity index (χ1n) is 10.00. The molecule has 0 atom stereocenters. The molecule has 0 aliphatic heterocycles. The highest BCUT2D eigenvalue weighted by Gasteiger charge is 2.12. The molecule has 0 saturated carbocycles. The van der Waals surface area contributed by atoms with Gasteiger partial charge in [-0.15, -0.1) is 0 Å². The molecule has 2 aromatic heterocycles. The van der Waals surface area contributed by atoms with Crippen molar-refractivity contribution in [2.45, 2.75) is 6.42 Å². The number of nitrogens with zero attached hydrogens (tertiary/aromatic N) is 1. The number of carboxylic acids is 1. The van der Waals surface area contributed by atoms with Crippen molar-refractivity contribution in [1.82, 2.24) is 9.97 Å². The summed E-state index contributed by atoms with van der Waals surface area (Å²) in [6.45, 7) is 0. The van der Waals surface area contributed by atoms with E-state index in [2.05, 4.69) is 9.97 Å². The SMILES string of the molecule is O=C(O)Cc1cccc(-c2cc3cc(-c4ccc5ccncc5c4)c(Cl)cc3[nH]c2=O)c1. The quantitative estimate of drug-likeness (QED) is 0.376. The molecule has 3 aromatic carbocycles. The summed E-state index contributed by atoms with van der Waals surface area (Å²) in [5, 5.41) is 12.5. The number of hydrogen-bond acceptors (Lipinski definition) is 3. The summed E-state index contributed by atoms with van der Waals surface area (Å²) in [7, 11) is 0. The van der Waals surface area contributed by atoms with Crippen molar-refractivity contribution in [3.63, 3.8) is 0 Å². The summed E-state index contributed by atoms with van der Waals surface area (Å²) in [5.41, 5.74) is 3.95. The Morgan fingerprint density at radius 2 is 1.72 bits per heavy atom. The first-order valence-corrected chi connectivity index (χ1v) is 10.4. The van der Waals surface area contributed by atoms with E-state index in [1.54, 1.807) is 36.5 Å². The second kappa shape index (κ2) is 7.94. The topological polar surface area (TPSA) is 83.0 Å². The number of hydrogen-bond donors (Lipinski definition) is 2. The summed E-state index contributed by atoms with van der Waals surface area (Å²) in [5.74, 6) is -0.917. The lowest BCUT2D eigenvalue weighted by Crippen LogP contribution is -2.09. The van der Waals surface area contributed by atoms with Gasteiger partial charge in [0, 0.05) is 34.4 Å². The van der Waals surface area contributed by atoms with E-state index in [0.29, 0.717) is 27.2 Å². The molecule has 2 heterocycles. The van der Waals surface area contributed by atoms with Crippen LogP contribution in [-0.2, 0) is 11.2 Å². The summed E-state index contributed by atoms with van der Waals surface area (Å²) in [6.07, 6.45) is 3.47. The van der Waals surface area contributed by atoms with Crippen molar-refractivity contribution in [2.75, 3.05) is 0 Å². The van der Waals surface area contributed by atoms with E-state index < -0.39 is 5.97 Å². The van der Waals surface area contributed by atoms with Crippen LogP contribution in [-0.4, -0.2) is 21.0 Å². The second-order valence-corrected chi connectivity index (χ2v) is 8.05. The Bertz CT molecular complexity index is 1570. The van der Waals surface area contributed by atoms with E-state index in [9.17, 15) is 9.59 Å². The molecule has 0 fully saturated rings. The highest BCUT2D eigenvalue weighted by Crippen LogP contribution is 2.34. The van der Waals surface area contributed by atoms with Crippen LogP contribution in [0.5, 0.6) is 0 Å². The van der Waals surface area contributed by atoms with E-state index in [1.807, 2.05) is 42.6 Å². The number of rotatable bonds is 4. The molecule has 0 radical (unpaired) electrons. The standard InChI is InChI=1S/C26H17ClN2O3/c27-23-13-24-19(11-21(23)18-5-4-16-6-7-28-14-20(16)10-18)12-22(26(32)29-24)17-3-1-2-15(8-17)9-25(30)31/h1-8,10-14H,9H2,(H,29,32)(H,30,31). The Balaban J connectivity index is 1.65. The van der Waals surface area contributed by atoms with Gasteiger partial charge in [-0.25, -0.2) is 0 Å². The average Bonchev–Trinajstić information content (AvgIpc) is 2.78. The third-order valence-corrected chi connectivity index (χ3v) is 5.79. The number of nitrogens with one attached hydrogen (secondary N) is 1. The van der Waals surface area contributed by atoms with Crippen LogP contribution in [0.15, 0.2) is 83.9 Å². The molecular weight excluding hydrogens is 424 g/mol. The third kappa shape index (κ3) is 3.74. The first kappa shape index (κ1) is 20.0. The van der Waals surface area contributed by atoms with Gasteiger partial charge < -0.3 is 10.1 Å². The molecule has 156 valence electrons. The summed E-state index contributed by atoms with van der Waals surface area (Å²) in [4.78, 5) is 30.9. The van der Waals surface area contributed by atoms with Crippen LogP contribution in [0.1, 0.15) is 5.56 Å². The largest absolute Gasteiger partial charge is 0.481 e. The molecule has 5 aromatic rings. The molecule has 0 aliphatic rings. The highest BCUT2D eigenvalue weighted by atomic mass is 35.5. The minimum absolute atomic E-state index is 0.101. The van der Waals surface area contributed by atoms with E-state index in [4.69, 9.17) is 16.7 Å². The molecule has 2 N–H and O–H groups in total. The number of aromatic nitrogens is 2. The van der Waals surface area contributed by atoms with Crippen LogP contribution < -0.4 is 5.56 Å². The Morgan fingerprint density at radius 1 is 0.906 bits per heavy atom. The molecule has 0 spiro atoms. The maximum absolute atomic E-state index is 12.8. The van der Waals surface area contributed by atoms with E-state index in [-0.39, 0.29) is 12.0 Å². The maximum Gasteiger partial charge on any atom is 0.307 e. The summed E-state index contributed by atoms with van der Waals surface area (Å²) in [6, 6.07) is 20.6. The van der Waals surface area contributed by atoms with Gasteiger partial charge in [0.25, 0.3) is 5.56 Å². The van der Waals surface area contributed by atoms with Crippen LogP contribution in [0.3, 0.4) is 0 Å². The van der Waals surface area contributed by atoms with Crippen LogP contribution in [0.25, 0.3) is 43.9 Å². The molecule has 0 bridgehead atoms. The monoisotopic (exact) mass is 440 g/mol. The molecule has 0 amide bonds. The average molecular weight is 441 g/mol. The van der Waals surface area contributed by atoms with Crippen molar-refractivity contribution < 1.29 is 9.90 Å². The van der Waals surface area contributed by atoms with Crippen LogP contribution in [0, 0.1) is 0 Å². The summed E-state index contributed by atoms with van der Waals surface area (Å²) < 4.78 is 0. The van der Waals surface area contributed by atoms with Crippen LogP contribution in [0.4, 0.5) is 0 Å². The molecule has 0 saturated heterocycles. The van der Waals surface area contributed by atoms with Crippen molar-refractivity contribution in [3.05, 3.63) is 100 Å². The number of aliphatic carboxylic acids is 1. The fourth-order valence-electron chi connectivity index (χ4n) is 3.94. The Morgan fingerprint density at radius 3 is 2.56 bits per heavy atom. The van der Waals surface area contributed by atoms with Gasteiger partial charge in [0.05, 0.1) is 11.4 Å². The van der Waals surface area contributed by atoms with Gasteiger partial charge in [-0.05, 0) is 57.8 Å². The van der Waals surface area contributed by atoms with Crippen molar-refractivity contribution in [1.29, 1.82) is 0 Å². The normalized spacial score (nSPS) is 11.2. The van der Waals surface area contributed by atoms with Gasteiger partial charge in [0.2, 0.25) is 0 Å². The lowest BCUT2D eigenvalue weighted by Gasteiger charge is -2.10. The summed E-state index contributed by atoms with van der Waals surface area (Å²) >= 11 is 6.57. The van der Waals surface area contributed by atoms with Gasteiger partial charge in [-0.3, -0.25) is 14.6 Å². The first-order chi connectivity index (χ1) is 15.5. The van der Waals surface area contributed by atoms with E-state index in [0.717, 1.165) is 27.3 Å². The van der Waals surface area contributed by atoms with Gasteiger partial charge in [-0.2, -0.15) is 0 Å². The van der Waals surface area contributed by atoms with Crippen molar-refractivity contribution in [2.24, 2.45) is 0 Å². The number of aromatic amines is 1. The molecule has 5 nitrogen and oxygen atoms in total. The van der Waals surface area contributed by atoms with Gasteiger partial charge in [0.15, 0.2) is 0 Å². The third-order valence-electron chi connectivity index (χ3n) is 5.48. The smallest absolute Gasteiger partial charge is 0.307 e. The zero-order valence-electron chi connectivity index (χ0n) is 16.8.